The van der Waals surface area contributed by atoms with Crippen molar-refractivity contribution in [2.75, 3.05) is 6.61 Å². The highest BCUT2D eigenvalue weighted by atomic mass is 16.3. The Balaban J connectivity index is 3.85. The predicted octanol–water partition coefficient (Wildman–Crippen LogP) is 5.99. The van der Waals surface area contributed by atoms with Crippen molar-refractivity contribution in [2.45, 2.75) is 116 Å². The van der Waals surface area contributed by atoms with Crippen LogP contribution < -0.4 is 5.32 Å². The molecule has 0 aliphatic rings. The Morgan fingerprint density at radius 2 is 1.37 bits per heavy atom. The summed E-state index contributed by atoms with van der Waals surface area (Å²) < 4.78 is 0. The number of aliphatic hydroxyl groups is 2. The summed E-state index contributed by atoms with van der Waals surface area (Å²) >= 11 is 0. The van der Waals surface area contributed by atoms with E-state index in [0.717, 1.165) is 38.5 Å². The Hall–Kier alpha value is -1.39. The second-order valence-electron chi connectivity index (χ2n) is 8.05. The van der Waals surface area contributed by atoms with Gasteiger partial charge >= 0.3 is 0 Å². The normalized spacial score (nSPS) is 14.1. The summed E-state index contributed by atoms with van der Waals surface area (Å²) in [6.07, 6.45) is 26.5. The molecule has 1 amide bonds. The molecule has 30 heavy (non-hydrogen) atoms. The minimum Gasteiger partial charge on any atom is -0.394 e. The number of hydrogen-bond donors (Lipinski definition) is 3. The van der Waals surface area contributed by atoms with Crippen LogP contribution >= 0.6 is 0 Å². The first kappa shape index (κ1) is 28.6. The lowest BCUT2D eigenvalue weighted by Gasteiger charge is -2.19. The Labute approximate surface area is 185 Å². The summed E-state index contributed by atoms with van der Waals surface area (Å²) in [6, 6.07) is -0.635. The average molecular weight is 422 g/mol. The third-order valence-corrected chi connectivity index (χ3v) is 5.20. The number of nitrogens with one attached hydrogen (secondary N) is 1. The molecule has 0 rings (SSSR count). The van der Waals surface area contributed by atoms with Gasteiger partial charge in [-0.15, -0.1) is 0 Å². The van der Waals surface area contributed by atoms with Crippen molar-refractivity contribution < 1.29 is 15.0 Å². The number of rotatable bonds is 20. The second kappa shape index (κ2) is 22.3. The minimum absolute atomic E-state index is 0.0893. The topological polar surface area (TPSA) is 69.6 Å². The van der Waals surface area contributed by atoms with Crippen LogP contribution in [-0.2, 0) is 4.79 Å². The fourth-order valence-corrected chi connectivity index (χ4v) is 3.27. The van der Waals surface area contributed by atoms with E-state index in [1.165, 1.54) is 44.9 Å². The Kier molecular flexibility index (Phi) is 21.3. The molecule has 0 heterocycles. The van der Waals surface area contributed by atoms with Crippen LogP contribution in [0, 0.1) is 0 Å². The van der Waals surface area contributed by atoms with Crippen molar-refractivity contribution in [3.8, 4) is 0 Å². The first-order valence-corrected chi connectivity index (χ1v) is 12.2. The lowest BCUT2D eigenvalue weighted by Crippen LogP contribution is -2.45. The fraction of sp³-hybridized carbons (Fsp3) is 0.731. The van der Waals surface area contributed by atoms with Gasteiger partial charge in [0.25, 0.3) is 0 Å². The van der Waals surface area contributed by atoms with Gasteiger partial charge < -0.3 is 15.5 Å². The van der Waals surface area contributed by atoms with E-state index in [-0.39, 0.29) is 12.5 Å². The van der Waals surface area contributed by atoms with Crippen molar-refractivity contribution in [1.29, 1.82) is 0 Å². The summed E-state index contributed by atoms with van der Waals surface area (Å²) in [4.78, 5) is 12.1. The van der Waals surface area contributed by atoms with Crippen molar-refractivity contribution in [3.63, 3.8) is 0 Å². The maximum atomic E-state index is 12.1. The monoisotopic (exact) mass is 421 g/mol. The maximum absolute atomic E-state index is 12.1. The standard InChI is InChI=1S/C26H47NO3/c1-3-5-7-9-11-13-15-17-19-21-25(29)24(23-28)27-26(30)22-20-18-16-14-12-10-8-6-4-2/h3,5,11,13,19,21,24-25,28-29H,4,6-10,12,14-18,20,22-23H2,1-2H3,(H,27,30)/b5-3+,13-11+,21-19+. The molecule has 2 atom stereocenters. The van der Waals surface area contributed by atoms with Crippen molar-refractivity contribution >= 4 is 5.91 Å². The van der Waals surface area contributed by atoms with Gasteiger partial charge in [-0.25, -0.2) is 0 Å². The lowest BCUT2D eigenvalue weighted by molar-refractivity contribution is -0.123. The summed E-state index contributed by atoms with van der Waals surface area (Å²) in [5.74, 6) is -0.0893. The van der Waals surface area contributed by atoms with Crippen molar-refractivity contribution in [2.24, 2.45) is 0 Å². The SMILES string of the molecule is C/C=C/CC/C=C/CC/C=C/C(O)C(CO)NC(=O)CCCCCCCCCCC. The lowest BCUT2D eigenvalue weighted by atomic mass is 10.1. The van der Waals surface area contributed by atoms with Gasteiger partial charge in [0.1, 0.15) is 0 Å². The zero-order valence-electron chi connectivity index (χ0n) is 19.5. The van der Waals surface area contributed by atoms with Crippen LogP contribution in [0.4, 0.5) is 0 Å². The molecule has 0 saturated heterocycles. The van der Waals surface area contributed by atoms with E-state index in [0.29, 0.717) is 6.42 Å². The highest BCUT2D eigenvalue weighted by Gasteiger charge is 2.17. The van der Waals surface area contributed by atoms with Gasteiger partial charge in [-0.2, -0.15) is 0 Å². The van der Waals surface area contributed by atoms with E-state index in [4.69, 9.17) is 0 Å². The summed E-state index contributed by atoms with van der Waals surface area (Å²) in [5, 5.41) is 22.5. The molecule has 0 aromatic rings. The van der Waals surface area contributed by atoms with Gasteiger partial charge in [0.15, 0.2) is 0 Å². The average Bonchev–Trinajstić information content (AvgIpc) is 2.75. The number of aliphatic hydroxyl groups excluding tert-OH is 2. The molecule has 0 spiro atoms. The van der Waals surface area contributed by atoms with Crippen molar-refractivity contribution in [3.05, 3.63) is 36.5 Å². The summed E-state index contributed by atoms with van der Waals surface area (Å²) in [5.41, 5.74) is 0. The molecule has 0 fully saturated rings. The second-order valence-corrected chi connectivity index (χ2v) is 8.05. The number of carbonyl (C=O) groups is 1. The number of amides is 1. The maximum Gasteiger partial charge on any atom is 0.220 e. The van der Waals surface area contributed by atoms with Gasteiger partial charge in [0.05, 0.1) is 18.8 Å². The molecular weight excluding hydrogens is 374 g/mol. The highest BCUT2D eigenvalue weighted by Crippen LogP contribution is 2.10. The molecule has 0 aliphatic carbocycles. The van der Waals surface area contributed by atoms with Gasteiger partial charge in [-0.1, -0.05) is 94.7 Å². The minimum atomic E-state index is -0.860. The number of allylic oxidation sites excluding steroid dienone is 5. The molecule has 0 saturated carbocycles. The molecule has 4 heteroatoms. The fourth-order valence-electron chi connectivity index (χ4n) is 3.27. The summed E-state index contributed by atoms with van der Waals surface area (Å²) in [7, 11) is 0. The van der Waals surface area contributed by atoms with Crippen molar-refractivity contribution in [1.82, 2.24) is 5.32 Å². The van der Waals surface area contributed by atoms with Crippen LogP contribution in [0.1, 0.15) is 104 Å². The molecule has 174 valence electrons. The Bertz CT molecular complexity index is 471. The first-order valence-electron chi connectivity index (χ1n) is 12.2. The Morgan fingerprint density at radius 1 is 0.833 bits per heavy atom. The van der Waals surface area contributed by atoms with Crippen LogP contribution in [0.25, 0.3) is 0 Å². The quantitative estimate of drug-likeness (QED) is 0.167. The molecule has 3 N–H and O–H groups in total. The highest BCUT2D eigenvalue weighted by molar-refractivity contribution is 5.76. The van der Waals surface area contributed by atoms with Crippen LogP contribution in [0.5, 0.6) is 0 Å². The van der Waals surface area contributed by atoms with Crippen LogP contribution in [0.3, 0.4) is 0 Å². The van der Waals surface area contributed by atoms with E-state index < -0.39 is 12.1 Å². The van der Waals surface area contributed by atoms with Crippen LogP contribution in [0.15, 0.2) is 36.5 Å². The van der Waals surface area contributed by atoms with Gasteiger partial charge in [-0.05, 0) is 39.0 Å². The zero-order valence-corrected chi connectivity index (χ0v) is 19.5. The van der Waals surface area contributed by atoms with E-state index in [1.54, 1.807) is 6.08 Å². The third-order valence-electron chi connectivity index (χ3n) is 5.20. The molecule has 4 nitrogen and oxygen atoms in total. The molecule has 0 aromatic carbocycles. The van der Waals surface area contributed by atoms with Crippen LogP contribution in [0.2, 0.25) is 0 Å². The van der Waals surface area contributed by atoms with E-state index >= 15 is 0 Å². The molecule has 2 unspecified atom stereocenters. The van der Waals surface area contributed by atoms with Gasteiger partial charge in [0.2, 0.25) is 5.91 Å². The molecule has 0 aromatic heterocycles. The largest absolute Gasteiger partial charge is 0.394 e. The Morgan fingerprint density at radius 3 is 1.93 bits per heavy atom. The first-order chi connectivity index (χ1) is 14.7. The molecule has 0 aliphatic heterocycles. The van der Waals surface area contributed by atoms with Gasteiger partial charge in [-0.3, -0.25) is 4.79 Å². The number of carbonyl (C=O) groups excluding carboxylic acids is 1. The molecule has 0 radical (unpaired) electrons. The van der Waals surface area contributed by atoms with Crippen LogP contribution in [-0.4, -0.2) is 34.9 Å². The molecular formula is C26H47NO3. The zero-order chi connectivity index (χ0) is 22.3. The molecule has 0 bridgehead atoms. The summed E-state index contributed by atoms with van der Waals surface area (Å²) in [6.45, 7) is 3.99. The van der Waals surface area contributed by atoms with E-state index in [9.17, 15) is 15.0 Å². The third kappa shape index (κ3) is 18.6. The van der Waals surface area contributed by atoms with Gasteiger partial charge in [0, 0.05) is 6.42 Å². The predicted molar refractivity (Wildman–Crippen MR) is 128 cm³/mol. The number of hydrogen-bond acceptors (Lipinski definition) is 3. The number of unbranched alkanes of at least 4 members (excludes halogenated alkanes) is 10. The smallest absolute Gasteiger partial charge is 0.220 e. The van der Waals surface area contributed by atoms with E-state index in [2.05, 4.69) is 36.5 Å². The van der Waals surface area contributed by atoms with E-state index in [1.807, 2.05) is 13.0 Å².